The van der Waals surface area contributed by atoms with Crippen LogP contribution in [0.5, 0.6) is 11.6 Å². The summed E-state index contributed by atoms with van der Waals surface area (Å²) in [5, 5.41) is 16.2. The van der Waals surface area contributed by atoms with E-state index >= 15 is 0 Å². The second-order valence-electron chi connectivity index (χ2n) is 9.56. The van der Waals surface area contributed by atoms with Gasteiger partial charge in [0.15, 0.2) is 0 Å². The number of aliphatic hydroxyl groups excluding tert-OH is 1. The summed E-state index contributed by atoms with van der Waals surface area (Å²) in [5.41, 5.74) is 2.70. The normalized spacial score (nSPS) is 16.4. The molecule has 1 aliphatic heterocycles. The lowest BCUT2D eigenvalue weighted by atomic mass is 10.1. The quantitative estimate of drug-likeness (QED) is 0.268. The number of aryl methyl sites for hydroxylation is 1. The van der Waals surface area contributed by atoms with Gasteiger partial charge in [0.2, 0.25) is 5.88 Å². The van der Waals surface area contributed by atoms with Crippen LogP contribution in [0.1, 0.15) is 43.9 Å². The molecule has 1 aliphatic rings. The van der Waals surface area contributed by atoms with Crippen LogP contribution in [0.2, 0.25) is 5.02 Å². The molecular weight excluding hydrogens is 490 g/mol. The number of rotatable bonds is 14. The molecule has 3 aromatic rings. The molecule has 1 fully saturated rings. The number of unbranched alkanes of at least 4 members (excludes halogenated alkanes) is 1. The third-order valence-electron chi connectivity index (χ3n) is 6.47. The summed E-state index contributed by atoms with van der Waals surface area (Å²) in [5.74, 6) is 1.18. The van der Waals surface area contributed by atoms with Crippen molar-refractivity contribution in [2.45, 2.75) is 58.3 Å². The smallest absolute Gasteiger partial charge is 0.227 e. The summed E-state index contributed by atoms with van der Waals surface area (Å²) in [6.45, 7) is 7.61. The molecule has 0 bridgehead atoms. The number of para-hydroxylation sites is 2. The van der Waals surface area contributed by atoms with Gasteiger partial charge < -0.3 is 19.3 Å². The highest BCUT2D eigenvalue weighted by molar-refractivity contribution is 6.32. The minimum Gasteiger partial charge on any atom is -0.437 e. The van der Waals surface area contributed by atoms with Gasteiger partial charge in [0.05, 0.1) is 40.8 Å². The summed E-state index contributed by atoms with van der Waals surface area (Å²) >= 11 is 6.46. The molecule has 7 nitrogen and oxygen atoms in total. The van der Waals surface area contributed by atoms with Crippen LogP contribution in [0.3, 0.4) is 0 Å². The van der Waals surface area contributed by atoms with Crippen LogP contribution in [0, 0.1) is 6.92 Å². The molecule has 1 aromatic heterocycles. The standard InChI is InChI=1S/C29H38ClN3O4/c1-3-4-16-35-21-24(34)18-32(19-25-13-10-17-36-25)20-26-22(2)31-33(23-11-6-5-7-12-23)29(26)37-28-15-9-8-14-27(28)30/h5-9,11-12,14-15,24-25,34H,3-4,10,13,16-21H2,1-2H3/t24-,25-/m0/s1. The molecular formula is C29H38ClN3O4. The van der Waals surface area contributed by atoms with E-state index < -0.39 is 6.10 Å². The average molecular weight is 528 g/mol. The summed E-state index contributed by atoms with van der Waals surface area (Å²) < 4.78 is 19.9. The van der Waals surface area contributed by atoms with Gasteiger partial charge in [-0.3, -0.25) is 4.90 Å². The fourth-order valence-electron chi connectivity index (χ4n) is 4.52. The van der Waals surface area contributed by atoms with Gasteiger partial charge in [-0.2, -0.15) is 5.10 Å². The first-order chi connectivity index (χ1) is 18.0. The minimum absolute atomic E-state index is 0.144. The molecule has 4 rings (SSSR count). The number of benzene rings is 2. The minimum atomic E-state index is -0.601. The first kappa shape index (κ1) is 27.6. The number of ether oxygens (including phenoxy) is 3. The van der Waals surface area contributed by atoms with Crippen LogP contribution in [0.25, 0.3) is 5.69 Å². The van der Waals surface area contributed by atoms with Gasteiger partial charge in [0.25, 0.3) is 0 Å². The average Bonchev–Trinajstić information content (AvgIpc) is 3.52. The summed E-state index contributed by atoms with van der Waals surface area (Å²) in [7, 11) is 0. The van der Waals surface area contributed by atoms with Crippen molar-refractivity contribution in [1.29, 1.82) is 0 Å². The molecule has 8 heteroatoms. The Labute approximate surface area is 224 Å². The first-order valence-corrected chi connectivity index (χ1v) is 13.6. The molecule has 0 saturated carbocycles. The highest BCUT2D eigenvalue weighted by Gasteiger charge is 2.26. The molecule has 0 aliphatic carbocycles. The Bertz CT molecular complexity index is 1100. The van der Waals surface area contributed by atoms with E-state index in [0.717, 1.165) is 49.2 Å². The van der Waals surface area contributed by atoms with E-state index in [-0.39, 0.29) is 6.10 Å². The van der Waals surface area contributed by atoms with Crippen molar-refractivity contribution in [2.24, 2.45) is 0 Å². The highest BCUT2D eigenvalue weighted by atomic mass is 35.5. The zero-order valence-corrected chi connectivity index (χ0v) is 22.6. The van der Waals surface area contributed by atoms with Gasteiger partial charge in [-0.05, 0) is 50.5 Å². The van der Waals surface area contributed by atoms with Crippen molar-refractivity contribution in [2.75, 3.05) is 32.9 Å². The fraction of sp³-hybridized carbons (Fsp3) is 0.483. The molecule has 2 aromatic carbocycles. The molecule has 2 atom stereocenters. The number of hydrogen-bond acceptors (Lipinski definition) is 6. The van der Waals surface area contributed by atoms with Gasteiger partial charge in [0.1, 0.15) is 5.75 Å². The molecule has 0 unspecified atom stereocenters. The van der Waals surface area contributed by atoms with E-state index in [1.54, 1.807) is 0 Å². The van der Waals surface area contributed by atoms with Crippen molar-refractivity contribution < 1.29 is 19.3 Å². The molecule has 1 N–H and O–H groups in total. The third-order valence-corrected chi connectivity index (χ3v) is 6.78. The third kappa shape index (κ3) is 7.79. The van der Waals surface area contributed by atoms with Gasteiger partial charge in [-0.15, -0.1) is 0 Å². The number of hydrogen-bond donors (Lipinski definition) is 1. The maximum atomic E-state index is 10.8. The van der Waals surface area contributed by atoms with Crippen molar-refractivity contribution in [3.63, 3.8) is 0 Å². The predicted molar refractivity (Wildman–Crippen MR) is 146 cm³/mol. The Morgan fingerprint density at radius 3 is 2.70 bits per heavy atom. The number of aromatic nitrogens is 2. The maximum Gasteiger partial charge on any atom is 0.227 e. The van der Waals surface area contributed by atoms with Gasteiger partial charge >= 0.3 is 0 Å². The van der Waals surface area contributed by atoms with E-state index in [2.05, 4.69) is 11.8 Å². The Kier molecular flexibility index (Phi) is 10.4. The van der Waals surface area contributed by atoms with E-state index in [9.17, 15) is 5.11 Å². The van der Waals surface area contributed by atoms with Crippen LogP contribution in [-0.2, 0) is 16.0 Å². The zero-order chi connectivity index (χ0) is 26.0. The maximum absolute atomic E-state index is 10.8. The van der Waals surface area contributed by atoms with Crippen LogP contribution in [0.4, 0.5) is 0 Å². The second-order valence-corrected chi connectivity index (χ2v) is 9.97. The summed E-state index contributed by atoms with van der Waals surface area (Å²) in [6.07, 6.45) is 3.69. The molecule has 0 amide bonds. The van der Waals surface area contributed by atoms with Crippen LogP contribution < -0.4 is 4.74 Å². The Morgan fingerprint density at radius 1 is 1.19 bits per heavy atom. The second kappa shape index (κ2) is 13.9. The Hall–Kier alpha value is -2.42. The fourth-order valence-corrected chi connectivity index (χ4v) is 4.70. The van der Waals surface area contributed by atoms with Crippen molar-refractivity contribution in [3.05, 3.63) is 70.9 Å². The SMILES string of the molecule is CCCCOC[C@@H](O)CN(Cc1c(C)nn(-c2ccccc2)c1Oc1ccccc1Cl)C[C@@H]1CCCO1. The van der Waals surface area contributed by atoms with Gasteiger partial charge in [-0.25, -0.2) is 4.68 Å². The van der Waals surface area contributed by atoms with Gasteiger partial charge in [0, 0.05) is 32.8 Å². The van der Waals surface area contributed by atoms with Crippen molar-refractivity contribution in [1.82, 2.24) is 14.7 Å². The first-order valence-electron chi connectivity index (χ1n) is 13.2. The number of nitrogens with zero attached hydrogens (tertiary/aromatic N) is 3. The molecule has 200 valence electrons. The topological polar surface area (TPSA) is 69.0 Å². The van der Waals surface area contributed by atoms with E-state index in [1.165, 1.54) is 0 Å². The van der Waals surface area contributed by atoms with Crippen LogP contribution >= 0.6 is 11.6 Å². The lowest BCUT2D eigenvalue weighted by Crippen LogP contribution is -2.39. The van der Waals surface area contributed by atoms with E-state index in [4.69, 9.17) is 30.9 Å². The van der Waals surface area contributed by atoms with E-state index in [0.29, 0.717) is 49.5 Å². The molecule has 37 heavy (non-hydrogen) atoms. The molecule has 0 radical (unpaired) electrons. The van der Waals surface area contributed by atoms with Crippen molar-refractivity contribution >= 4 is 11.6 Å². The van der Waals surface area contributed by atoms with Crippen LogP contribution in [0.15, 0.2) is 54.6 Å². The number of aliphatic hydroxyl groups is 1. The predicted octanol–water partition coefficient (Wildman–Crippen LogP) is 5.79. The largest absolute Gasteiger partial charge is 0.437 e. The molecule has 0 spiro atoms. The lowest BCUT2D eigenvalue weighted by molar-refractivity contribution is 0.00137. The summed E-state index contributed by atoms with van der Waals surface area (Å²) in [6, 6.07) is 17.4. The van der Waals surface area contributed by atoms with Crippen LogP contribution in [-0.4, -0.2) is 64.9 Å². The monoisotopic (exact) mass is 527 g/mol. The Balaban J connectivity index is 1.61. The summed E-state index contributed by atoms with van der Waals surface area (Å²) in [4.78, 5) is 2.22. The molecule has 1 saturated heterocycles. The molecule has 2 heterocycles. The van der Waals surface area contributed by atoms with E-state index in [1.807, 2.05) is 66.2 Å². The highest BCUT2D eigenvalue weighted by Crippen LogP contribution is 2.35. The number of halogens is 1. The van der Waals surface area contributed by atoms with Crippen molar-refractivity contribution in [3.8, 4) is 17.3 Å². The van der Waals surface area contributed by atoms with Gasteiger partial charge in [-0.1, -0.05) is 55.3 Å². The zero-order valence-electron chi connectivity index (χ0n) is 21.8. The lowest BCUT2D eigenvalue weighted by Gasteiger charge is -2.27. The Morgan fingerprint density at radius 2 is 1.97 bits per heavy atom.